The fourth-order valence-electron chi connectivity index (χ4n) is 1.29. The first-order valence-corrected chi connectivity index (χ1v) is 7.50. The van der Waals surface area contributed by atoms with Gasteiger partial charge in [-0.15, -0.1) is 0 Å². The van der Waals surface area contributed by atoms with Crippen molar-refractivity contribution >= 4 is 10.9 Å². The third-order valence-corrected chi connectivity index (χ3v) is 4.20. The van der Waals surface area contributed by atoms with Gasteiger partial charge in [-0.1, -0.05) is 50.8 Å². The maximum absolute atomic E-state index is 3.83. The van der Waals surface area contributed by atoms with E-state index in [1.165, 1.54) is 15.4 Å². The number of benzene rings is 1. The highest BCUT2D eigenvalue weighted by molar-refractivity contribution is 8.00. The third-order valence-electron chi connectivity index (χ3n) is 2.21. The second-order valence-corrected chi connectivity index (χ2v) is 5.30. The molecule has 0 aliphatic rings. The molecule has 0 heterocycles. The highest BCUT2D eigenvalue weighted by Gasteiger charge is 2.18. The molecule has 0 aliphatic carbocycles. The molecular weight excluding hydrogens is 224 g/mol. The first-order chi connectivity index (χ1) is 8.19. The molecule has 1 unspecified atom stereocenters. The molecule has 92 valence electrons. The van der Waals surface area contributed by atoms with Crippen molar-refractivity contribution in [3.05, 3.63) is 66.1 Å². The lowest BCUT2D eigenvalue weighted by Crippen LogP contribution is -2.01. The number of allylic oxidation sites excluding steroid dienone is 3. The van der Waals surface area contributed by atoms with Crippen LogP contribution in [0.5, 0.6) is 0 Å². The molecule has 0 bridgehead atoms. The van der Waals surface area contributed by atoms with E-state index < -0.39 is 0 Å². The van der Waals surface area contributed by atoms with Crippen LogP contribution in [0.15, 0.2) is 65.5 Å². The lowest BCUT2D eigenvalue weighted by Gasteiger charge is -2.02. The van der Waals surface area contributed by atoms with Crippen LogP contribution in [0.2, 0.25) is 0 Å². The molecule has 1 atom stereocenters. The zero-order chi connectivity index (χ0) is 13.3. The highest BCUT2D eigenvalue weighted by Crippen LogP contribution is 2.20. The maximum Gasteiger partial charge on any atom is 0.160 e. The summed E-state index contributed by atoms with van der Waals surface area (Å²) in [6.07, 6.45) is 7.96. The van der Waals surface area contributed by atoms with Gasteiger partial charge in [0, 0.05) is 0 Å². The lowest BCUT2D eigenvalue weighted by molar-refractivity contribution is 1.37. The molecule has 0 N–H and O–H groups in total. The first-order valence-electron chi connectivity index (χ1n) is 5.87. The Morgan fingerprint density at radius 3 is 2.06 bits per heavy atom. The minimum absolute atomic E-state index is 0.0924. The summed E-state index contributed by atoms with van der Waals surface area (Å²) >= 11 is 0. The van der Waals surface area contributed by atoms with Crippen molar-refractivity contribution in [3.63, 3.8) is 0 Å². The number of hydrogen-bond donors (Lipinski definition) is 0. The standard InChI is InChI=1S/C14H17S.C2H6/c1-5-7-13(6-2)15(4)14-10-8-12(3)9-11-14;1-2/h5-11H,1-2H2,3-4H3;1-2H3/q+1;/b13-7+;. The van der Waals surface area contributed by atoms with Gasteiger partial charge in [0.05, 0.1) is 10.9 Å². The Bertz CT molecular complexity index is 371. The van der Waals surface area contributed by atoms with E-state index in [1.54, 1.807) is 0 Å². The van der Waals surface area contributed by atoms with Crippen LogP contribution >= 0.6 is 0 Å². The molecule has 1 aromatic rings. The molecule has 1 aromatic carbocycles. The Hall–Kier alpha value is -1.21. The largest absolute Gasteiger partial charge is 0.160 e. The normalized spacial score (nSPS) is 12.1. The van der Waals surface area contributed by atoms with E-state index >= 15 is 0 Å². The van der Waals surface area contributed by atoms with Crippen molar-refractivity contribution in [2.24, 2.45) is 0 Å². The van der Waals surface area contributed by atoms with E-state index in [4.69, 9.17) is 0 Å². The molecule has 17 heavy (non-hydrogen) atoms. The maximum atomic E-state index is 3.83. The van der Waals surface area contributed by atoms with Crippen LogP contribution in [0.25, 0.3) is 0 Å². The Morgan fingerprint density at radius 1 is 1.12 bits per heavy atom. The van der Waals surface area contributed by atoms with Crippen molar-refractivity contribution in [2.45, 2.75) is 25.7 Å². The summed E-state index contributed by atoms with van der Waals surface area (Å²) in [5.41, 5.74) is 1.30. The molecule has 0 nitrogen and oxygen atoms in total. The minimum atomic E-state index is 0.0924. The summed E-state index contributed by atoms with van der Waals surface area (Å²) in [7, 11) is 0.0924. The van der Waals surface area contributed by atoms with Gasteiger partial charge in [0.15, 0.2) is 9.80 Å². The van der Waals surface area contributed by atoms with Crippen molar-refractivity contribution in [2.75, 3.05) is 6.26 Å². The van der Waals surface area contributed by atoms with Crippen LogP contribution in [-0.4, -0.2) is 6.26 Å². The third kappa shape index (κ3) is 5.10. The average molecular weight is 247 g/mol. The molecule has 0 saturated carbocycles. The zero-order valence-electron chi connectivity index (χ0n) is 11.4. The highest BCUT2D eigenvalue weighted by atomic mass is 32.2. The molecule has 0 aromatic heterocycles. The van der Waals surface area contributed by atoms with E-state index in [9.17, 15) is 0 Å². The molecule has 0 spiro atoms. The van der Waals surface area contributed by atoms with Crippen LogP contribution in [0.1, 0.15) is 19.4 Å². The molecule has 0 radical (unpaired) electrons. The van der Waals surface area contributed by atoms with Gasteiger partial charge in [-0.3, -0.25) is 0 Å². The lowest BCUT2D eigenvalue weighted by atomic mass is 10.2. The second kappa shape index (κ2) is 8.89. The SMILES string of the molecule is C=C/C=C(\C=C)[S+](C)c1ccc(C)cc1.CC. The smallest absolute Gasteiger partial charge is 0.0989 e. The van der Waals surface area contributed by atoms with Gasteiger partial charge in [-0.25, -0.2) is 0 Å². The van der Waals surface area contributed by atoms with Crippen molar-refractivity contribution < 1.29 is 0 Å². The van der Waals surface area contributed by atoms with E-state index in [0.29, 0.717) is 0 Å². The van der Waals surface area contributed by atoms with Gasteiger partial charge in [-0.2, -0.15) is 0 Å². The fraction of sp³-hybridized carbons (Fsp3) is 0.250. The van der Waals surface area contributed by atoms with Crippen molar-refractivity contribution in [1.29, 1.82) is 0 Å². The number of hydrogen-bond acceptors (Lipinski definition) is 0. The average Bonchev–Trinajstić information content (AvgIpc) is 2.38. The monoisotopic (exact) mass is 247 g/mol. The van der Waals surface area contributed by atoms with E-state index in [0.717, 1.165) is 0 Å². The van der Waals surface area contributed by atoms with Crippen LogP contribution in [-0.2, 0) is 10.9 Å². The zero-order valence-corrected chi connectivity index (χ0v) is 12.2. The molecule has 0 saturated heterocycles. The number of rotatable bonds is 4. The molecule has 0 fully saturated rings. The van der Waals surface area contributed by atoms with Crippen LogP contribution in [0.4, 0.5) is 0 Å². The fourth-order valence-corrected chi connectivity index (χ4v) is 2.66. The summed E-state index contributed by atoms with van der Waals surface area (Å²) < 4.78 is 0. The number of aryl methyl sites for hydroxylation is 1. The molecule has 0 amide bonds. The van der Waals surface area contributed by atoms with Gasteiger partial charge in [0.25, 0.3) is 0 Å². The molecule has 0 aliphatic heterocycles. The summed E-state index contributed by atoms with van der Waals surface area (Å²) in [4.78, 5) is 2.57. The van der Waals surface area contributed by atoms with Gasteiger partial charge < -0.3 is 0 Å². The summed E-state index contributed by atoms with van der Waals surface area (Å²) in [6, 6.07) is 8.65. The Labute approximate surface area is 109 Å². The van der Waals surface area contributed by atoms with Crippen molar-refractivity contribution in [1.82, 2.24) is 0 Å². The van der Waals surface area contributed by atoms with Gasteiger partial charge >= 0.3 is 0 Å². The summed E-state index contributed by atoms with van der Waals surface area (Å²) in [5, 5.41) is 0. The van der Waals surface area contributed by atoms with Gasteiger partial charge in [0.1, 0.15) is 6.26 Å². The molecular formula is C16H23S+. The quantitative estimate of drug-likeness (QED) is 0.525. The van der Waals surface area contributed by atoms with E-state index in [2.05, 4.69) is 50.6 Å². The Morgan fingerprint density at radius 2 is 1.65 bits per heavy atom. The molecule has 1 heteroatoms. The summed E-state index contributed by atoms with van der Waals surface area (Å²) in [5.74, 6) is 0. The first kappa shape index (κ1) is 15.8. The van der Waals surface area contributed by atoms with Gasteiger partial charge in [-0.05, 0) is 31.2 Å². The topological polar surface area (TPSA) is 0 Å². The second-order valence-electron chi connectivity index (χ2n) is 3.33. The Balaban J connectivity index is 0.00000121. The minimum Gasteiger partial charge on any atom is -0.0989 e. The van der Waals surface area contributed by atoms with Crippen LogP contribution in [0.3, 0.4) is 0 Å². The Kier molecular flexibility index (Phi) is 8.25. The van der Waals surface area contributed by atoms with E-state index in [-0.39, 0.29) is 10.9 Å². The van der Waals surface area contributed by atoms with Gasteiger partial charge in [0.2, 0.25) is 0 Å². The summed E-state index contributed by atoms with van der Waals surface area (Å²) in [6.45, 7) is 13.7. The van der Waals surface area contributed by atoms with Crippen molar-refractivity contribution in [3.8, 4) is 0 Å². The predicted molar refractivity (Wildman–Crippen MR) is 82.6 cm³/mol. The molecule has 1 rings (SSSR count). The van der Waals surface area contributed by atoms with Crippen LogP contribution < -0.4 is 0 Å². The predicted octanol–water partition coefficient (Wildman–Crippen LogP) is 4.88. The van der Waals surface area contributed by atoms with Crippen LogP contribution in [0, 0.1) is 6.92 Å². The van der Waals surface area contributed by atoms with E-state index in [1.807, 2.05) is 32.1 Å².